The Morgan fingerprint density at radius 1 is 1.14 bits per heavy atom. The van der Waals surface area contributed by atoms with Crippen LogP contribution in [0.25, 0.3) is 0 Å². The fraction of sp³-hybridized carbons (Fsp3) is 0.944. The van der Waals surface area contributed by atoms with Gasteiger partial charge in [0.1, 0.15) is 0 Å². The molecule has 2 fully saturated rings. The summed E-state index contributed by atoms with van der Waals surface area (Å²) in [5, 5.41) is 3.62. The number of rotatable bonds is 4. The van der Waals surface area contributed by atoms with Crippen LogP contribution in [0.3, 0.4) is 0 Å². The van der Waals surface area contributed by atoms with Crippen molar-refractivity contribution >= 4 is 5.91 Å². The van der Waals surface area contributed by atoms with Gasteiger partial charge in [0, 0.05) is 6.04 Å². The van der Waals surface area contributed by atoms with E-state index in [1.807, 2.05) is 0 Å². The maximum Gasteiger partial charge on any atom is 0.241 e. The third kappa shape index (κ3) is 3.61. The molecular formula is C18H34N2O. The van der Waals surface area contributed by atoms with Gasteiger partial charge in [0.05, 0.1) is 12.2 Å². The second kappa shape index (κ2) is 6.68. The Balaban J connectivity index is 2.14. The Bertz CT molecular complexity index is 366. The summed E-state index contributed by atoms with van der Waals surface area (Å²) in [4.78, 5) is 15.1. The molecular weight excluding hydrogens is 260 g/mol. The molecule has 1 amide bonds. The number of carbonyl (C=O) groups is 1. The minimum atomic E-state index is 0.0170. The molecule has 2 rings (SSSR count). The number of nitrogens with one attached hydrogen (secondary N) is 1. The van der Waals surface area contributed by atoms with E-state index in [2.05, 4.69) is 51.8 Å². The molecule has 1 N–H and O–H groups in total. The maximum atomic E-state index is 12.9. The zero-order valence-electron chi connectivity index (χ0n) is 14.7. The molecule has 2 aliphatic rings. The highest BCUT2D eigenvalue weighted by molar-refractivity contribution is 5.85. The molecule has 122 valence electrons. The predicted molar refractivity (Wildman–Crippen MR) is 87.8 cm³/mol. The van der Waals surface area contributed by atoms with Gasteiger partial charge in [0.25, 0.3) is 0 Å². The van der Waals surface area contributed by atoms with Crippen molar-refractivity contribution in [3.05, 3.63) is 0 Å². The highest BCUT2D eigenvalue weighted by Gasteiger charge is 2.44. The van der Waals surface area contributed by atoms with Crippen molar-refractivity contribution in [1.82, 2.24) is 10.2 Å². The molecule has 0 aromatic heterocycles. The minimum absolute atomic E-state index is 0.0170. The van der Waals surface area contributed by atoms with Crippen molar-refractivity contribution in [3.8, 4) is 0 Å². The van der Waals surface area contributed by atoms with E-state index in [-0.39, 0.29) is 12.2 Å². The Hall–Kier alpha value is -0.570. The molecule has 3 heteroatoms. The summed E-state index contributed by atoms with van der Waals surface area (Å²) in [6.07, 6.45) is 4.92. The van der Waals surface area contributed by atoms with Gasteiger partial charge in [-0.25, -0.2) is 0 Å². The van der Waals surface area contributed by atoms with Gasteiger partial charge >= 0.3 is 0 Å². The lowest BCUT2D eigenvalue weighted by molar-refractivity contribution is -0.134. The van der Waals surface area contributed by atoms with E-state index in [0.29, 0.717) is 23.8 Å². The van der Waals surface area contributed by atoms with E-state index < -0.39 is 0 Å². The van der Waals surface area contributed by atoms with Crippen molar-refractivity contribution in [2.75, 3.05) is 0 Å². The fourth-order valence-electron chi connectivity index (χ4n) is 3.98. The van der Waals surface area contributed by atoms with Crippen LogP contribution in [0.5, 0.6) is 0 Å². The highest BCUT2D eigenvalue weighted by atomic mass is 16.2. The predicted octanol–water partition coefficient (Wildman–Crippen LogP) is 3.64. The fourth-order valence-corrected chi connectivity index (χ4v) is 3.98. The van der Waals surface area contributed by atoms with Crippen LogP contribution in [0.2, 0.25) is 0 Å². The SMILES string of the molecule is CC(C)CC1NC(C(C)C)C(=O)N1C1CCC(C)C(C)C1. The summed E-state index contributed by atoms with van der Waals surface area (Å²) in [7, 11) is 0. The second-order valence-corrected chi connectivity index (χ2v) is 8.20. The number of hydrogen-bond acceptors (Lipinski definition) is 2. The number of carbonyl (C=O) groups excluding carboxylic acids is 1. The summed E-state index contributed by atoms with van der Waals surface area (Å²) in [6.45, 7) is 13.5. The smallest absolute Gasteiger partial charge is 0.241 e. The van der Waals surface area contributed by atoms with Crippen LogP contribution in [-0.4, -0.2) is 29.1 Å². The quantitative estimate of drug-likeness (QED) is 0.858. The number of hydrogen-bond donors (Lipinski definition) is 1. The molecule has 5 unspecified atom stereocenters. The zero-order valence-corrected chi connectivity index (χ0v) is 14.7. The average molecular weight is 294 g/mol. The second-order valence-electron chi connectivity index (χ2n) is 8.20. The summed E-state index contributed by atoms with van der Waals surface area (Å²) >= 11 is 0. The molecule has 1 aliphatic carbocycles. The molecule has 1 aliphatic heterocycles. The molecule has 1 heterocycles. The first-order chi connectivity index (χ1) is 9.81. The van der Waals surface area contributed by atoms with E-state index in [1.54, 1.807) is 0 Å². The molecule has 0 bridgehead atoms. The first kappa shape index (κ1) is 16.8. The molecule has 1 saturated heterocycles. The van der Waals surface area contributed by atoms with Crippen molar-refractivity contribution in [2.45, 2.75) is 85.5 Å². The van der Waals surface area contributed by atoms with Crippen LogP contribution in [0.15, 0.2) is 0 Å². The van der Waals surface area contributed by atoms with Gasteiger partial charge in [0.15, 0.2) is 0 Å². The van der Waals surface area contributed by atoms with E-state index in [1.165, 1.54) is 19.3 Å². The van der Waals surface area contributed by atoms with Crippen LogP contribution in [0, 0.1) is 23.7 Å². The summed E-state index contributed by atoms with van der Waals surface area (Å²) in [5.74, 6) is 2.87. The molecule has 21 heavy (non-hydrogen) atoms. The van der Waals surface area contributed by atoms with Gasteiger partial charge in [-0.2, -0.15) is 0 Å². The van der Waals surface area contributed by atoms with Crippen molar-refractivity contribution in [1.29, 1.82) is 0 Å². The lowest BCUT2D eigenvalue weighted by Gasteiger charge is -2.40. The summed E-state index contributed by atoms with van der Waals surface area (Å²) < 4.78 is 0. The monoisotopic (exact) mass is 294 g/mol. The summed E-state index contributed by atoms with van der Waals surface area (Å²) in [5.41, 5.74) is 0. The Kier molecular flexibility index (Phi) is 5.34. The van der Waals surface area contributed by atoms with Crippen LogP contribution >= 0.6 is 0 Å². The number of amides is 1. The first-order valence-electron chi connectivity index (χ1n) is 8.89. The molecule has 5 atom stereocenters. The van der Waals surface area contributed by atoms with Gasteiger partial charge in [0.2, 0.25) is 5.91 Å². The van der Waals surface area contributed by atoms with E-state index >= 15 is 0 Å². The Morgan fingerprint density at radius 3 is 2.33 bits per heavy atom. The largest absolute Gasteiger partial charge is 0.323 e. The third-order valence-corrected chi connectivity index (χ3v) is 5.55. The standard InChI is InChI=1S/C18H34N2O/c1-11(2)9-16-19-17(12(3)4)18(21)20(16)15-8-7-13(5)14(6)10-15/h11-17,19H,7-10H2,1-6H3. The van der Waals surface area contributed by atoms with Gasteiger partial charge in [-0.05, 0) is 49.4 Å². The van der Waals surface area contributed by atoms with Crippen molar-refractivity contribution in [3.63, 3.8) is 0 Å². The maximum absolute atomic E-state index is 12.9. The molecule has 0 spiro atoms. The van der Waals surface area contributed by atoms with E-state index in [9.17, 15) is 4.79 Å². The van der Waals surface area contributed by atoms with Gasteiger partial charge < -0.3 is 4.90 Å². The van der Waals surface area contributed by atoms with Crippen molar-refractivity contribution in [2.24, 2.45) is 23.7 Å². The zero-order chi connectivity index (χ0) is 15.7. The topological polar surface area (TPSA) is 32.3 Å². The lowest BCUT2D eigenvalue weighted by atomic mass is 9.78. The molecule has 0 aromatic carbocycles. The van der Waals surface area contributed by atoms with Crippen LogP contribution in [0.4, 0.5) is 0 Å². The molecule has 0 radical (unpaired) electrons. The minimum Gasteiger partial charge on any atom is -0.323 e. The molecule has 0 aromatic rings. The normalized spacial score (nSPS) is 37.8. The average Bonchev–Trinajstić information content (AvgIpc) is 2.69. The van der Waals surface area contributed by atoms with E-state index in [0.717, 1.165) is 18.3 Å². The van der Waals surface area contributed by atoms with Gasteiger partial charge in [-0.3, -0.25) is 10.1 Å². The lowest BCUT2D eigenvalue weighted by Crippen LogP contribution is -2.47. The van der Waals surface area contributed by atoms with Gasteiger partial charge in [-0.15, -0.1) is 0 Å². The molecule has 1 saturated carbocycles. The first-order valence-corrected chi connectivity index (χ1v) is 8.89. The molecule has 3 nitrogen and oxygen atoms in total. The van der Waals surface area contributed by atoms with Gasteiger partial charge in [-0.1, -0.05) is 41.5 Å². The third-order valence-electron chi connectivity index (χ3n) is 5.55. The Morgan fingerprint density at radius 2 is 1.81 bits per heavy atom. The van der Waals surface area contributed by atoms with E-state index in [4.69, 9.17) is 0 Å². The van der Waals surface area contributed by atoms with Crippen LogP contribution in [-0.2, 0) is 4.79 Å². The highest BCUT2D eigenvalue weighted by Crippen LogP contribution is 2.35. The van der Waals surface area contributed by atoms with Crippen molar-refractivity contribution < 1.29 is 4.79 Å². The van der Waals surface area contributed by atoms with Crippen LogP contribution < -0.4 is 5.32 Å². The summed E-state index contributed by atoms with van der Waals surface area (Å²) in [6, 6.07) is 0.465. The number of nitrogens with zero attached hydrogens (tertiary/aromatic N) is 1. The Labute approximate surface area is 130 Å². The van der Waals surface area contributed by atoms with Crippen LogP contribution in [0.1, 0.15) is 67.2 Å².